The molecule has 33 heavy (non-hydrogen) atoms. The number of benzene rings is 2. The zero-order valence-electron chi connectivity index (χ0n) is 18.5. The fraction of sp³-hybridized carbons (Fsp3) is 0.370. The Labute approximate surface area is 203 Å². The van der Waals surface area contributed by atoms with Crippen LogP contribution in [0.1, 0.15) is 30.9 Å². The number of rotatable bonds is 6. The minimum Gasteiger partial charge on any atom is -0.489 e. The second kappa shape index (κ2) is 8.81. The van der Waals surface area contributed by atoms with E-state index in [4.69, 9.17) is 32.7 Å². The summed E-state index contributed by atoms with van der Waals surface area (Å²) in [5.41, 5.74) is 4.06. The van der Waals surface area contributed by atoms with Crippen LogP contribution in [0, 0.1) is 36.4 Å². The summed E-state index contributed by atoms with van der Waals surface area (Å²) in [6.07, 6.45) is 5.88. The number of carbonyl (C=O) groups is 1. The van der Waals surface area contributed by atoms with Crippen molar-refractivity contribution in [2.24, 2.45) is 23.7 Å². The molecule has 3 nitrogen and oxygen atoms in total. The van der Waals surface area contributed by atoms with Gasteiger partial charge in [-0.2, -0.15) is 0 Å². The summed E-state index contributed by atoms with van der Waals surface area (Å²) in [6.45, 7) is 4.25. The van der Waals surface area contributed by atoms with Gasteiger partial charge < -0.3 is 9.47 Å². The summed E-state index contributed by atoms with van der Waals surface area (Å²) in [7, 11) is 0. The number of esters is 1. The van der Waals surface area contributed by atoms with E-state index in [0.717, 1.165) is 29.7 Å². The Hall–Kier alpha value is -2.30. The molecule has 3 aliphatic rings. The summed E-state index contributed by atoms with van der Waals surface area (Å²) in [6, 6.07) is 8.48. The minimum absolute atomic E-state index is 0.0537. The highest BCUT2D eigenvalue weighted by Gasteiger charge is 2.63. The maximum Gasteiger partial charge on any atom is 0.309 e. The van der Waals surface area contributed by atoms with Crippen molar-refractivity contribution in [3.63, 3.8) is 0 Å². The second-order valence-corrected chi connectivity index (χ2v) is 9.79. The van der Waals surface area contributed by atoms with Gasteiger partial charge in [0.1, 0.15) is 18.2 Å². The quantitative estimate of drug-likeness (QED) is 0.402. The van der Waals surface area contributed by atoms with Gasteiger partial charge in [0.15, 0.2) is 0 Å². The molecule has 0 radical (unpaired) electrons. The molecular weight excluding hydrogens is 462 g/mol. The highest BCUT2D eigenvalue weighted by molar-refractivity contribution is 6.39. The summed E-state index contributed by atoms with van der Waals surface area (Å²) >= 11 is 12.8. The first-order valence-corrected chi connectivity index (χ1v) is 12.1. The van der Waals surface area contributed by atoms with Crippen LogP contribution in [0.15, 0.2) is 53.8 Å². The standard InChI is InChI=1S/C27H25Cl2FO3/c1-3-32-27(31)26-19-12-15-11-16(7-8-18(15)24(19)26)33-13-20-14(2)17(9-10-23(20)30)25-21(28)5-4-6-22(25)29/h4-7,9-11,18-19,24,26H,3,8,12-13H2,1-2H3/t18?,19-,24+,26+/m1/s1. The van der Waals surface area contributed by atoms with Crippen molar-refractivity contribution >= 4 is 29.2 Å². The Kier molecular flexibility index (Phi) is 6.00. The zero-order valence-corrected chi connectivity index (χ0v) is 20.0. The highest BCUT2D eigenvalue weighted by atomic mass is 35.5. The number of carbonyl (C=O) groups excluding carboxylic acids is 1. The lowest BCUT2D eigenvalue weighted by Gasteiger charge is -2.22. The molecule has 2 fully saturated rings. The molecule has 0 spiro atoms. The van der Waals surface area contributed by atoms with E-state index in [1.807, 2.05) is 13.8 Å². The van der Waals surface area contributed by atoms with Crippen molar-refractivity contribution < 1.29 is 18.7 Å². The van der Waals surface area contributed by atoms with Gasteiger partial charge in [0.2, 0.25) is 0 Å². The summed E-state index contributed by atoms with van der Waals surface area (Å²) < 4.78 is 26.0. The highest BCUT2D eigenvalue weighted by Crippen LogP contribution is 2.64. The first-order chi connectivity index (χ1) is 15.9. The monoisotopic (exact) mass is 486 g/mol. The largest absolute Gasteiger partial charge is 0.489 e. The van der Waals surface area contributed by atoms with Crippen molar-refractivity contribution in [3.05, 3.63) is 80.8 Å². The smallest absolute Gasteiger partial charge is 0.309 e. The van der Waals surface area contributed by atoms with E-state index in [-0.39, 0.29) is 24.3 Å². The SMILES string of the molecule is CCOC(=O)[C@H]1[C@@H]2CC3=CC(OCc4c(F)ccc(-c5c(Cl)cccc5Cl)c4C)=CCC3[C@@H]21. The van der Waals surface area contributed by atoms with Crippen molar-refractivity contribution in [2.45, 2.75) is 33.3 Å². The third-order valence-electron chi connectivity index (χ3n) is 7.26. The molecule has 3 aliphatic carbocycles. The number of hydrogen-bond acceptors (Lipinski definition) is 3. The van der Waals surface area contributed by atoms with Crippen LogP contribution in [0.3, 0.4) is 0 Å². The number of fused-ring (bicyclic) bond motifs is 3. The molecule has 2 aromatic rings. The van der Waals surface area contributed by atoms with E-state index in [2.05, 4.69) is 12.2 Å². The molecule has 2 aromatic carbocycles. The van der Waals surface area contributed by atoms with Gasteiger partial charge >= 0.3 is 5.97 Å². The maximum absolute atomic E-state index is 14.7. The second-order valence-electron chi connectivity index (χ2n) is 8.97. The first kappa shape index (κ1) is 22.5. The summed E-state index contributed by atoms with van der Waals surface area (Å²) in [5.74, 6) is 1.62. The number of allylic oxidation sites excluding steroid dienone is 3. The first-order valence-electron chi connectivity index (χ1n) is 11.3. The van der Waals surface area contributed by atoms with Crippen molar-refractivity contribution in [1.82, 2.24) is 0 Å². The van der Waals surface area contributed by atoms with E-state index in [9.17, 15) is 9.18 Å². The van der Waals surface area contributed by atoms with Gasteiger partial charge in [0.05, 0.1) is 12.5 Å². The van der Waals surface area contributed by atoms with Crippen LogP contribution in [0.2, 0.25) is 10.0 Å². The molecule has 0 amide bonds. The Balaban J connectivity index is 1.30. The Morgan fingerprint density at radius 3 is 2.67 bits per heavy atom. The van der Waals surface area contributed by atoms with E-state index < -0.39 is 0 Å². The summed E-state index contributed by atoms with van der Waals surface area (Å²) in [4.78, 5) is 12.1. The predicted molar refractivity (Wildman–Crippen MR) is 127 cm³/mol. The topological polar surface area (TPSA) is 35.5 Å². The summed E-state index contributed by atoms with van der Waals surface area (Å²) in [5, 5.41) is 1.05. The van der Waals surface area contributed by atoms with Gasteiger partial charge in [-0.25, -0.2) is 4.39 Å². The fourth-order valence-electron chi connectivity index (χ4n) is 5.60. The third kappa shape index (κ3) is 3.98. The van der Waals surface area contributed by atoms with Crippen LogP contribution in [-0.4, -0.2) is 12.6 Å². The van der Waals surface area contributed by atoms with Gasteiger partial charge in [-0.3, -0.25) is 4.79 Å². The van der Waals surface area contributed by atoms with Crippen LogP contribution in [0.25, 0.3) is 11.1 Å². The lowest BCUT2D eigenvalue weighted by molar-refractivity contribution is -0.145. The number of hydrogen-bond donors (Lipinski definition) is 0. The van der Waals surface area contributed by atoms with E-state index in [1.54, 1.807) is 24.3 Å². The molecular formula is C27H25Cl2FO3. The van der Waals surface area contributed by atoms with Crippen LogP contribution >= 0.6 is 23.2 Å². The van der Waals surface area contributed by atoms with Crippen molar-refractivity contribution in [3.8, 4) is 11.1 Å². The van der Waals surface area contributed by atoms with Crippen LogP contribution in [-0.2, 0) is 20.9 Å². The minimum atomic E-state index is -0.319. The molecule has 0 N–H and O–H groups in total. The molecule has 172 valence electrons. The Morgan fingerprint density at radius 2 is 1.94 bits per heavy atom. The maximum atomic E-state index is 14.7. The van der Waals surface area contributed by atoms with Crippen LogP contribution < -0.4 is 0 Å². The van der Waals surface area contributed by atoms with Gasteiger partial charge in [-0.05, 0) is 85.9 Å². The normalized spacial score (nSPS) is 25.0. The molecule has 0 aromatic heterocycles. The zero-order chi connectivity index (χ0) is 23.3. The molecule has 0 heterocycles. The van der Waals surface area contributed by atoms with Gasteiger partial charge in [0, 0.05) is 21.2 Å². The average Bonchev–Trinajstić information content (AvgIpc) is 3.37. The predicted octanol–water partition coefficient (Wildman–Crippen LogP) is 7.28. The van der Waals surface area contributed by atoms with E-state index in [0.29, 0.717) is 45.5 Å². The van der Waals surface area contributed by atoms with Crippen molar-refractivity contribution in [2.75, 3.05) is 6.61 Å². The molecule has 0 saturated heterocycles. The number of halogens is 3. The lowest BCUT2D eigenvalue weighted by Crippen LogP contribution is -2.16. The van der Waals surface area contributed by atoms with E-state index >= 15 is 0 Å². The van der Waals surface area contributed by atoms with E-state index in [1.165, 1.54) is 11.6 Å². The third-order valence-corrected chi connectivity index (χ3v) is 7.89. The van der Waals surface area contributed by atoms with Gasteiger partial charge in [-0.1, -0.05) is 40.9 Å². The molecule has 6 heteroatoms. The van der Waals surface area contributed by atoms with Crippen LogP contribution in [0.5, 0.6) is 0 Å². The lowest BCUT2D eigenvalue weighted by atomic mass is 9.87. The number of ether oxygens (including phenoxy) is 2. The fourth-order valence-corrected chi connectivity index (χ4v) is 6.20. The molecule has 5 rings (SSSR count). The Bertz CT molecular complexity index is 1170. The molecule has 1 unspecified atom stereocenters. The molecule has 0 aliphatic heterocycles. The molecule has 2 saturated carbocycles. The Morgan fingerprint density at radius 1 is 1.18 bits per heavy atom. The van der Waals surface area contributed by atoms with Gasteiger partial charge in [0.25, 0.3) is 0 Å². The molecule has 0 bridgehead atoms. The van der Waals surface area contributed by atoms with Gasteiger partial charge in [-0.15, -0.1) is 0 Å². The van der Waals surface area contributed by atoms with Crippen molar-refractivity contribution in [1.29, 1.82) is 0 Å². The van der Waals surface area contributed by atoms with Crippen LogP contribution in [0.4, 0.5) is 4.39 Å². The average molecular weight is 487 g/mol. The molecule has 4 atom stereocenters.